The van der Waals surface area contributed by atoms with Crippen molar-refractivity contribution in [2.24, 2.45) is 0 Å². The van der Waals surface area contributed by atoms with Gasteiger partial charge in [-0.1, -0.05) is 6.92 Å². The summed E-state index contributed by atoms with van der Waals surface area (Å²) in [5, 5.41) is 8.99. The van der Waals surface area contributed by atoms with E-state index in [0.29, 0.717) is 13.0 Å². The van der Waals surface area contributed by atoms with E-state index in [1.807, 2.05) is 36.6 Å². The second-order valence-electron chi connectivity index (χ2n) is 3.91. The molecule has 1 aromatic rings. The van der Waals surface area contributed by atoms with Gasteiger partial charge in [0, 0.05) is 25.5 Å². The van der Waals surface area contributed by atoms with Crippen LogP contribution in [-0.2, 0) is 11.3 Å². The van der Waals surface area contributed by atoms with Crippen LogP contribution in [0.2, 0.25) is 0 Å². The van der Waals surface area contributed by atoms with Gasteiger partial charge < -0.3 is 9.67 Å². The molecule has 0 saturated heterocycles. The van der Waals surface area contributed by atoms with E-state index in [1.54, 1.807) is 6.20 Å². The van der Waals surface area contributed by atoms with Crippen molar-refractivity contribution in [2.45, 2.75) is 32.9 Å². The third-order valence-corrected chi connectivity index (χ3v) is 2.82. The molecule has 1 aromatic heterocycles. The Morgan fingerprint density at radius 1 is 1.69 bits per heavy atom. The van der Waals surface area contributed by atoms with Crippen LogP contribution in [-0.4, -0.2) is 45.2 Å². The van der Waals surface area contributed by atoms with E-state index in [9.17, 15) is 4.79 Å². The number of hydrogen-bond acceptors (Lipinski definition) is 3. The Labute approximate surface area is 95.7 Å². The van der Waals surface area contributed by atoms with Gasteiger partial charge in [-0.2, -0.15) is 0 Å². The molecule has 0 bridgehead atoms. The van der Waals surface area contributed by atoms with E-state index in [2.05, 4.69) is 4.98 Å². The van der Waals surface area contributed by atoms with Crippen LogP contribution < -0.4 is 0 Å². The molecule has 90 valence electrons. The van der Waals surface area contributed by atoms with Crippen LogP contribution in [0.25, 0.3) is 0 Å². The molecule has 1 atom stereocenters. The highest BCUT2D eigenvalue weighted by Gasteiger charge is 2.19. The fraction of sp³-hybridized carbons (Fsp3) is 0.636. The van der Waals surface area contributed by atoms with Gasteiger partial charge in [0.1, 0.15) is 11.9 Å². The second-order valence-corrected chi connectivity index (χ2v) is 3.91. The summed E-state index contributed by atoms with van der Waals surface area (Å²) in [6.07, 6.45) is 4.28. The summed E-state index contributed by atoms with van der Waals surface area (Å²) < 4.78 is 2.02. The summed E-state index contributed by atoms with van der Waals surface area (Å²) in [6.45, 7) is 5.31. The maximum atomic E-state index is 10.9. The molecule has 0 aliphatic rings. The molecule has 0 spiro atoms. The molecule has 0 aliphatic heterocycles. The van der Waals surface area contributed by atoms with Gasteiger partial charge in [-0.25, -0.2) is 4.98 Å². The topological polar surface area (TPSA) is 58.4 Å². The van der Waals surface area contributed by atoms with Gasteiger partial charge in [-0.3, -0.25) is 9.69 Å². The van der Waals surface area contributed by atoms with Crippen LogP contribution in [0.1, 0.15) is 19.2 Å². The number of carbonyl (C=O) groups is 1. The minimum absolute atomic E-state index is 0.399. The van der Waals surface area contributed by atoms with Gasteiger partial charge in [-0.15, -0.1) is 0 Å². The summed E-state index contributed by atoms with van der Waals surface area (Å²) in [7, 11) is 1.84. The first kappa shape index (κ1) is 12.7. The molecule has 0 aromatic carbocycles. The molecule has 16 heavy (non-hydrogen) atoms. The lowest BCUT2D eigenvalue weighted by Crippen LogP contribution is -2.39. The summed E-state index contributed by atoms with van der Waals surface area (Å²) in [6, 6.07) is -0.399. The lowest BCUT2D eigenvalue weighted by atomic mass is 10.2. The number of carboxylic acids is 1. The molecule has 1 rings (SSSR count). The van der Waals surface area contributed by atoms with Crippen LogP contribution in [0.5, 0.6) is 0 Å². The van der Waals surface area contributed by atoms with Crippen molar-refractivity contribution in [1.29, 1.82) is 0 Å². The van der Waals surface area contributed by atoms with Gasteiger partial charge in [0.15, 0.2) is 0 Å². The van der Waals surface area contributed by atoms with Crippen LogP contribution >= 0.6 is 0 Å². The zero-order valence-electron chi connectivity index (χ0n) is 10.1. The van der Waals surface area contributed by atoms with Gasteiger partial charge in [-0.05, 0) is 20.4 Å². The Balaban J connectivity index is 2.49. The number of hydrogen-bond donors (Lipinski definition) is 1. The summed E-state index contributed by atoms with van der Waals surface area (Å²) in [5.41, 5.74) is 0. The Hall–Kier alpha value is -1.36. The zero-order chi connectivity index (χ0) is 12.1. The lowest BCUT2D eigenvalue weighted by molar-refractivity contribution is -0.142. The van der Waals surface area contributed by atoms with E-state index in [4.69, 9.17) is 5.11 Å². The number of carboxylic acid groups (broad SMARTS) is 1. The maximum absolute atomic E-state index is 10.9. The van der Waals surface area contributed by atoms with E-state index in [1.165, 1.54) is 0 Å². The number of nitrogens with zero attached hydrogens (tertiary/aromatic N) is 3. The molecular weight excluding hydrogens is 206 g/mol. The molecule has 0 radical (unpaired) electrons. The number of aromatic nitrogens is 2. The molecular formula is C11H19N3O2. The molecule has 0 aliphatic carbocycles. The van der Waals surface area contributed by atoms with Crippen molar-refractivity contribution in [3.05, 3.63) is 18.2 Å². The highest BCUT2D eigenvalue weighted by atomic mass is 16.4. The van der Waals surface area contributed by atoms with Crippen molar-refractivity contribution in [2.75, 3.05) is 13.6 Å². The summed E-state index contributed by atoms with van der Waals surface area (Å²) in [4.78, 5) is 16.9. The van der Waals surface area contributed by atoms with Crippen molar-refractivity contribution < 1.29 is 9.90 Å². The van der Waals surface area contributed by atoms with Gasteiger partial charge in [0.25, 0.3) is 0 Å². The molecule has 0 fully saturated rings. The average Bonchev–Trinajstić information content (AvgIpc) is 2.61. The average molecular weight is 225 g/mol. The molecule has 1 heterocycles. The van der Waals surface area contributed by atoms with E-state index < -0.39 is 12.0 Å². The Kier molecular flexibility index (Phi) is 4.49. The first-order chi connectivity index (χ1) is 7.56. The highest BCUT2D eigenvalue weighted by molar-refractivity contribution is 5.73. The van der Waals surface area contributed by atoms with Gasteiger partial charge in [0.05, 0.1) is 0 Å². The van der Waals surface area contributed by atoms with E-state index in [-0.39, 0.29) is 0 Å². The van der Waals surface area contributed by atoms with Crippen LogP contribution in [0, 0.1) is 6.92 Å². The first-order valence-electron chi connectivity index (χ1n) is 5.47. The Bertz CT molecular complexity index is 349. The molecule has 1 N–H and O–H groups in total. The number of likely N-dealkylation sites (N-methyl/N-ethyl adjacent to an activating group) is 1. The quantitative estimate of drug-likeness (QED) is 0.784. The monoisotopic (exact) mass is 225 g/mol. The SMILES string of the molecule is CCC(C(=O)O)N(C)CCn1ccnc1C. The van der Waals surface area contributed by atoms with Crippen molar-refractivity contribution in [1.82, 2.24) is 14.5 Å². The van der Waals surface area contributed by atoms with E-state index >= 15 is 0 Å². The van der Waals surface area contributed by atoms with Crippen molar-refractivity contribution in [3.8, 4) is 0 Å². The number of imidazole rings is 1. The third-order valence-electron chi connectivity index (χ3n) is 2.82. The van der Waals surface area contributed by atoms with Crippen molar-refractivity contribution in [3.63, 3.8) is 0 Å². The summed E-state index contributed by atoms with van der Waals surface area (Å²) in [5.74, 6) is 0.198. The number of aliphatic carboxylic acids is 1. The largest absolute Gasteiger partial charge is 0.480 e. The third kappa shape index (κ3) is 3.06. The standard InChI is InChI=1S/C11H19N3O2/c1-4-10(11(15)16)13(3)7-8-14-6-5-12-9(14)2/h5-6,10H,4,7-8H2,1-3H3,(H,15,16). The van der Waals surface area contributed by atoms with Crippen molar-refractivity contribution >= 4 is 5.97 Å². The molecule has 5 heteroatoms. The predicted molar refractivity (Wildman–Crippen MR) is 61.3 cm³/mol. The predicted octanol–water partition coefficient (Wildman–Crippen LogP) is 0.987. The fourth-order valence-electron chi connectivity index (χ4n) is 1.74. The molecule has 1 unspecified atom stereocenters. The Morgan fingerprint density at radius 3 is 2.81 bits per heavy atom. The maximum Gasteiger partial charge on any atom is 0.320 e. The zero-order valence-corrected chi connectivity index (χ0v) is 10.1. The number of rotatable bonds is 6. The lowest BCUT2D eigenvalue weighted by Gasteiger charge is -2.23. The normalized spacial score (nSPS) is 13.0. The minimum atomic E-state index is -0.757. The van der Waals surface area contributed by atoms with Crippen LogP contribution in [0.15, 0.2) is 12.4 Å². The second kappa shape index (κ2) is 5.65. The molecule has 5 nitrogen and oxygen atoms in total. The summed E-state index contributed by atoms with van der Waals surface area (Å²) >= 11 is 0. The van der Waals surface area contributed by atoms with Gasteiger partial charge in [0.2, 0.25) is 0 Å². The number of aryl methyl sites for hydroxylation is 1. The van der Waals surface area contributed by atoms with Crippen LogP contribution in [0.3, 0.4) is 0 Å². The van der Waals surface area contributed by atoms with E-state index in [0.717, 1.165) is 12.4 Å². The smallest absolute Gasteiger partial charge is 0.320 e. The van der Waals surface area contributed by atoms with Gasteiger partial charge >= 0.3 is 5.97 Å². The molecule has 0 saturated carbocycles. The first-order valence-corrected chi connectivity index (χ1v) is 5.47. The Morgan fingerprint density at radius 2 is 2.38 bits per heavy atom. The minimum Gasteiger partial charge on any atom is -0.480 e. The van der Waals surface area contributed by atoms with Crippen LogP contribution in [0.4, 0.5) is 0 Å². The highest BCUT2D eigenvalue weighted by Crippen LogP contribution is 2.03. The fourth-order valence-corrected chi connectivity index (χ4v) is 1.74. The molecule has 0 amide bonds.